The molecule has 2 amide bonds. The first-order chi connectivity index (χ1) is 20.3. The first kappa shape index (κ1) is 16.2. The largest absolute Gasteiger partial charge is 0.494 e. The van der Waals surface area contributed by atoms with Crippen LogP contribution in [-0.2, 0) is 4.79 Å². The maximum Gasteiger partial charge on any atom is 0.295 e. The van der Waals surface area contributed by atoms with Crippen molar-refractivity contribution in [2.24, 2.45) is 0 Å². The molecule has 0 spiro atoms. The summed E-state index contributed by atoms with van der Waals surface area (Å²) in [6.07, 6.45) is 3.80. The van der Waals surface area contributed by atoms with Crippen LogP contribution in [0.1, 0.15) is 41.7 Å². The molecule has 1 N–H and O–H groups in total. The number of ketones is 1. The predicted molar refractivity (Wildman–Crippen MR) is 130 cm³/mol. The summed E-state index contributed by atoms with van der Waals surface area (Å²) in [6.45, 7) is -1.09. The van der Waals surface area contributed by atoms with Gasteiger partial charge in [0, 0.05) is 42.1 Å². The van der Waals surface area contributed by atoms with Crippen LogP contribution >= 0.6 is 0 Å². The van der Waals surface area contributed by atoms with Crippen molar-refractivity contribution in [1.29, 1.82) is 0 Å². The fourth-order valence-electron chi connectivity index (χ4n) is 3.99. The van der Waals surface area contributed by atoms with Crippen LogP contribution in [0.15, 0.2) is 42.9 Å². The smallest absolute Gasteiger partial charge is 0.295 e. The predicted octanol–water partition coefficient (Wildman–Crippen LogP) is 1.94. The normalized spacial score (nSPS) is 16.9. The Labute approximate surface area is 216 Å². The number of hydrogen-bond acceptors (Lipinski definition) is 7. The molecule has 0 atom stereocenters. The van der Waals surface area contributed by atoms with E-state index < -0.39 is 42.4 Å². The number of aromatic nitrogens is 5. The van der Waals surface area contributed by atoms with Crippen molar-refractivity contribution >= 4 is 28.5 Å². The molecule has 0 saturated carbocycles. The Kier molecular flexibility index (Phi) is 4.16. The van der Waals surface area contributed by atoms with Crippen LogP contribution in [0.25, 0.3) is 16.7 Å². The van der Waals surface area contributed by atoms with E-state index in [2.05, 4.69) is 20.1 Å². The van der Waals surface area contributed by atoms with Crippen molar-refractivity contribution in [2.75, 3.05) is 33.3 Å². The van der Waals surface area contributed by atoms with Gasteiger partial charge in [0.2, 0.25) is 0 Å². The van der Waals surface area contributed by atoms with Gasteiger partial charge in [-0.25, -0.2) is 14.6 Å². The number of nitrogens with one attached hydrogen (secondary N) is 1. The fourth-order valence-corrected chi connectivity index (χ4v) is 3.99. The Morgan fingerprint density at radius 2 is 1.81 bits per heavy atom. The number of hydrogen-bond donors (Lipinski definition) is 1. The molecule has 11 nitrogen and oxygen atoms in total. The standard InChI is InChI=1S/C25H25N7O4/c1-15-4-6-17(7-5-15)24(34)30-8-10-31(11-9-30)25(35)22(33)18-12-26-21-20(18)19(36-3)13-27-23(21)32-14-28-16(2)29-32/h4-7,12-14,26H,8-11H2,1-3H3/i2D3,4D,5D,6D,7D. The molecule has 0 unspecified atom stereocenters. The summed E-state index contributed by atoms with van der Waals surface area (Å²) >= 11 is 0. The molecule has 3 aromatic heterocycles. The van der Waals surface area contributed by atoms with Gasteiger partial charge in [-0.1, -0.05) is 17.6 Å². The average molecular weight is 495 g/mol. The van der Waals surface area contributed by atoms with E-state index in [1.807, 2.05) is 0 Å². The maximum absolute atomic E-state index is 13.4. The monoisotopic (exact) mass is 494 g/mol. The minimum Gasteiger partial charge on any atom is -0.494 e. The van der Waals surface area contributed by atoms with Gasteiger partial charge in [0.15, 0.2) is 5.82 Å². The number of nitrogens with zero attached hydrogens (tertiary/aromatic N) is 6. The molecule has 4 heterocycles. The topological polar surface area (TPSA) is 126 Å². The zero-order valence-corrected chi connectivity index (χ0v) is 19.4. The molecule has 11 heteroatoms. The number of aryl methyl sites for hydroxylation is 1. The van der Waals surface area contributed by atoms with Crippen molar-refractivity contribution in [1.82, 2.24) is 34.5 Å². The first-order valence-corrected chi connectivity index (χ1v) is 10.9. The Hall–Kier alpha value is -4.54. The van der Waals surface area contributed by atoms with Gasteiger partial charge in [0.05, 0.1) is 35.3 Å². The highest BCUT2D eigenvalue weighted by atomic mass is 16.5. The van der Waals surface area contributed by atoms with Gasteiger partial charge in [-0.15, -0.1) is 0 Å². The molecule has 1 fully saturated rings. The van der Waals surface area contributed by atoms with E-state index in [9.17, 15) is 14.4 Å². The molecule has 36 heavy (non-hydrogen) atoms. The first-order valence-electron chi connectivity index (χ1n) is 14.4. The SMILES string of the molecule is [2H]c1c([2H])c(C(=O)N2CCN(C(=O)C(=O)c3c[nH]c4c(-n5cnc(C([2H])([2H])[2H])n5)ncc(OC)c34)CC2)c([2H])c([2H])c1C. The van der Waals surface area contributed by atoms with Crippen molar-refractivity contribution in [2.45, 2.75) is 13.8 Å². The molecular weight excluding hydrogens is 462 g/mol. The van der Waals surface area contributed by atoms with Gasteiger partial charge in [-0.2, -0.15) is 5.10 Å². The number of benzene rings is 1. The summed E-state index contributed by atoms with van der Waals surface area (Å²) in [5.41, 5.74) is 0.0356. The van der Waals surface area contributed by atoms with Crippen LogP contribution in [0.2, 0.25) is 0 Å². The summed E-state index contributed by atoms with van der Waals surface area (Å²) in [6, 6.07) is -1.45. The summed E-state index contributed by atoms with van der Waals surface area (Å²) in [7, 11) is 1.36. The molecule has 1 aliphatic rings. The zero-order chi connectivity index (χ0) is 31.4. The molecule has 0 aliphatic carbocycles. The van der Waals surface area contributed by atoms with Crippen LogP contribution in [0.4, 0.5) is 0 Å². The maximum atomic E-state index is 13.4. The Morgan fingerprint density at radius 1 is 1.08 bits per heavy atom. The number of aromatic amines is 1. The Balaban J connectivity index is 1.37. The Bertz CT molecular complexity index is 1760. The minimum atomic E-state index is -2.54. The minimum absolute atomic E-state index is 0.00649. The Morgan fingerprint density at radius 3 is 2.47 bits per heavy atom. The number of rotatable bonds is 5. The lowest BCUT2D eigenvalue weighted by Crippen LogP contribution is -2.52. The van der Waals surface area contributed by atoms with Crippen LogP contribution in [0.5, 0.6) is 5.75 Å². The number of methoxy groups -OCH3 is 1. The van der Waals surface area contributed by atoms with Crippen LogP contribution < -0.4 is 4.74 Å². The molecule has 184 valence electrons. The molecule has 0 radical (unpaired) electrons. The van der Waals surface area contributed by atoms with E-state index in [1.165, 1.54) is 42.6 Å². The van der Waals surface area contributed by atoms with E-state index in [0.717, 1.165) is 4.68 Å². The number of amides is 2. The number of H-pyrrole nitrogens is 1. The third-order valence-corrected chi connectivity index (χ3v) is 5.84. The fraction of sp³-hybridized carbons (Fsp3) is 0.280. The molecule has 5 rings (SSSR count). The summed E-state index contributed by atoms with van der Waals surface area (Å²) in [4.78, 5) is 53.5. The third kappa shape index (κ3) is 4.08. The number of carbonyl (C=O) groups is 3. The third-order valence-electron chi connectivity index (χ3n) is 5.84. The second-order valence-electron chi connectivity index (χ2n) is 8.03. The van der Waals surface area contributed by atoms with Gasteiger partial charge < -0.3 is 19.5 Å². The molecule has 1 saturated heterocycles. The average Bonchev–Trinajstić information content (AvgIpc) is 3.67. The lowest BCUT2D eigenvalue weighted by molar-refractivity contribution is -0.127. The lowest BCUT2D eigenvalue weighted by atomic mass is 10.1. The van der Waals surface area contributed by atoms with E-state index in [1.54, 1.807) is 0 Å². The molecular formula is C25H25N7O4. The summed E-state index contributed by atoms with van der Waals surface area (Å²) in [5.74, 6) is -2.47. The number of pyridine rings is 1. The quantitative estimate of drug-likeness (QED) is 0.332. The van der Waals surface area contributed by atoms with Crippen molar-refractivity contribution < 1.29 is 28.7 Å². The number of fused-ring (bicyclic) bond motifs is 1. The van der Waals surface area contributed by atoms with Gasteiger partial charge >= 0.3 is 0 Å². The number of carbonyl (C=O) groups excluding carboxylic acids is 3. The van der Waals surface area contributed by atoms with Crippen molar-refractivity contribution in [3.05, 3.63) is 65.4 Å². The van der Waals surface area contributed by atoms with Gasteiger partial charge in [0.25, 0.3) is 17.6 Å². The van der Waals surface area contributed by atoms with Crippen LogP contribution in [0.3, 0.4) is 0 Å². The molecule has 0 bridgehead atoms. The number of ether oxygens (including phenoxy) is 1. The second-order valence-corrected chi connectivity index (χ2v) is 8.03. The zero-order valence-electron chi connectivity index (χ0n) is 26.4. The van der Waals surface area contributed by atoms with Crippen LogP contribution in [0, 0.1) is 13.8 Å². The van der Waals surface area contributed by atoms with Crippen LogP contribution in [-0.4, -0.2) is 85.4 Å². The summed E-state index contributed by atoms with van der Waals surface area (Å²) < 4.78 is 61.4. The van der Waals surface area contributed by atoms with E-state index in [0.29, 0.717) is 0 Å². The highest BCUT2D eigenvalue weighted by Gasteiger charge is 2.31. The molecule has 1 aliphatic heterocycles. The van der Waals surface area contributed by atoms with Crippen molar-refractivity contribution in [3.8, 4) is 11.6 Å². The summed E-state index contributed by atoms with van der Waals surface area (Å²) in [5, 5.41) is 4.20. The highest BCUT2D eigenvalue weighted by Crippen LogP contribution is 2.31. The van der Waals surface area contributed by atoms with Gasteiger partial charge in [-0.3, -0.25) is 14.4 Å². The second kappa shape index (κ2) is 9.25. The van der Waals surface area contributed by atoms with E-state index in [4.69, 9.17) is 14.3 Å². The van der Waals surface area contributed by atoms with E-state index >= 15 is 0 Å². The lowest BCUT2D eigenvalue weighted by Gasteiger charge is -2.34. The number of Topliss-reactive ketones (excluding diaryl/α,β-unsaturated/α-hetero) is 1. The van der Waals surface area contributed by atoms with Crippen molar-refractivity contribution in [3.63, 3.8) is 0 Å². The molecule has 1 aromatic carbocycles. The van der Waals surface area contributed by atoms with E-state index in [-0.39, 0.29) is 77.4 Å². The highest BCUT2D eigenvalue weighted by molar-refractivity contribution is 6.45. The van der Waals surface area contributed by atoms with Gasteiger partial charge in [-0.05, 0) is 25.9 Å². The van der Waals surface area contributed by atoms with Gasteiger partial charge in [0.1, 0.15) is 17.9 Å². The molecule has 4 aromatic rings. The number of piperazine rings is 1.